The molecule has 106 valence electrons. The molecule has 0 aliphatic heterocycles. The number of nitrogens with one attached hydrogen (secondary N) is 1. The van der Waals surface area contributed by atoms with Gasteiger partial charge in [0.1, 0.15) is 0 Å². The van der Waals surface area contributed by atoms with E-state index in [4.69, 9.17) is 0 Å². The Balaban J connectivity index is 1.81. The molecule has 0 atom stereocenters. The fourth-order valence-electron chi connectivity index (χ4n) is 2.93. The largest absolute Gasteiger partial charge is 0.396 e. The molecule has 1 aliphatic rings. The second-order valence-corrected chi connectivity index (χ2v) is 6.30. The van der Waals surface area contributed by atoms with Crippen molar-refractivity contribution in [2.24, 2.45) is 5.41 Å². The van der Waals surface area contributed by atoms with E-state index in [1.807, 2.05) is 0 Å². The Kier molecular flexibility index (Phi) is 4.64. The first-order valence-electron chi connectivity index (χ1n) is 7.45. The first-order valence-corrected chi connectivity index (χ1v) is 7.45. The fraction of sp³-hybridized carbons (Fsp3) is 0.647. The van der Waals surface area contributed by atoms with Crippen molar-refractivity contribution in [1.82, 2.24) is 5.32 Å². The first kappa shape index (κ1) is 14.5. The zero-order valence-electron chi connectivity index (χ0n) is 12.6. The van der Waals surface area contributed by atoms with Crippen molar-refractivity contribution in [3.05, 3.63) is 34.4 Å². The Labute approximate surface area is 117 Å². The van der Waals surface area contributed by atoms with Crippen LogP contribution in [0.2, 0.25) is 0 Å². The fourth-order valence-corrected chi connectivity index (χ4v) is 2.93. The highest BCUT2D eigenvalue weighted by atomic mass is 16.3. The van der Waals surface area contributed by atoms with Gasteiger partial charge in [-0.3, -0.25) is 0 Å². The third-order valence-corrected chi connectivity index (χ3v) is 4.77. The SMILES string of the molecule is Cc1cc(C)c(CCNCC2(CO)CCC2)cc1C. The predicted molar refractivity (Wildman–Crippen MR) is 80.6 cm³/mol. The van der Waals surface area contributed by atoms with Gasteiger partial charge < -0.3 is 10.4 Å². The average Bonchev–Trinajstić information content (AvgIpc) is 2.33. The van der Waals surface area contributed by atoms with Gasteiger partial charge in [0.05, 0.1) is 0 Å². The average molecular weight is 261 g/mol. The van der Waals surface area contributed by atoms with Crippen molar-refractivity contribution in [2.75, 3.05) is 19.7 Å². The Morgan fingerprint density at radius 1 is 1.11 bits per heavy atom. The number of rotatable bonds is 6. The summed E-state index contributed by atoms with van der Waals surface area (Å²) in [5.41, 5.74) is 5.79. The van der Waals surface area contributed by atoms with Crippen molar-refractivity contribution < 1.29 is 5.11 Å². The van der Waals surface area contributed by atoms with Crippen LogP contribution in [0.3, 0.4) is 0 Å². The van der Waals surface area contributed by atoms with Crippen LogP contribution in [0.15, 0.2) is 12.1 Å². The summed E-state index contributed by atoms with van der Waals surface area (Å²) in [6.45, 7) is 8.86. The molecule has 0 amide bonds. The van der Waals surface area contributed by atoms with Gasteiger partial charge in [-0.1, -0.05) is 18.6 Å². The molecule has 1 aliphatic carbocycles. The minimum atomic E-state index is 0.193. The summed E-state index contributed by atoms with van der Waals surface area (Å²) >= 11 is 0. The minimum absolute atomic E-state index is 0.193. The molecule has 0 unspecified atom stereocenters. The van der Waals surface area contributed by atoms with Crippen LogP contribution in [0, 0.1) is 26.2 Å². The van der Waals surface area contributed by atoms with Crippen LogP contribution in [0.5, 0.6) is 0 Å². The van der Waals surface area contributed by atoms with E-state index in [1.54, 1.807) is 0 Å². The van der Waals surface area contributed by atoms with Crippen molar-refractivity contribution in [1.29, 1.82) is 0 Å². The zero-order chi connectivity index (χ0) is 13.9. The minimum Gasteiger partial charge on any atom is -0.396 e. The molecule has 0 spiro atoms. The van der Waals surface area contributed by atoms with Crippen molar-refractivity contribution in [3.8, 4) is 0 Å². The van der Waals surface area contributed by atoms with E-state index < -0.39 is 0 Å². The van der Waals surface area contributed by atoms with Crippen LogP contribution in [0.1, 0.15) is 41.5 Å². The molecule has 19 heavy (non-hydrogen) atoms. The predicted octanol–water partition coefficient (Wildman–Crippen LogP) is 2.91. The number of aliphatic hydroxyl groups is 1. The lowest BCUT2D eigenvalue weighted by atomic mass is 9.69. The van der Waals surface area contributed by atoms with Crippen molar-refractivity contribution in [3.63, 3.8) is 0 Å². The highest BCUT2D eigenvalue weighted by Crippen LogP contribution is 2.39. The molecule has 0 radical (unpaired) electrons. The molecule has 1 aromatic rings. The van der Waals surface area contributed by atoms with Gasteiger partial charge in [-0.25, -0.2) is 0 Å². The van der Waals surface area contributed by atoms with E-state index in [0.717, 1.165) is 19.5 Å². The van der Waals surface area contributed by atoms with Crippen LogP contribution in [-0.4, -0.2) is 24.8 Å². The summed E-state index contributed by atoms with van der Waals surface area (Å²) < 4.78 is 0. The second kappa shape index (κ2) is 6.06. The molecule has 1 aromatic carbocycles. The Hall–Kier alpha value is -0.860. The van der Waals surface area contributed by atoms with Gasteiger partial charge in [0.25, 0.3) is 0 Å². The van der Waals surface area contributed by atoms with Crippen molar-refractivity contribution in [2.45, 2.75) is 46.5 Å². The Morgan fingerprint density at radius 3 is 2.37 bits per heavy atom. The maximum absolute atomic E-state index is 9.42. The highest BCUT2D eigenvalue weighted by molar-refractivity contribution is 5.36. The van der Waals surface area contributed by atoms with Gasteiger partial charge in [0.2, 0.25) is 0 Å². The molecule has 1 saturated carbocycles. The van der Waals surface area contributed by atoms with E-state index in [1.165, 1.54) is 41.5 Å². The molecule has 0 saturated heterocycles. The zero-order valence-corrected chi connectivity index (χ0v) is 12.6. The third-order valence-electron chi connectivity index (χ3n) is 4.77. The van der Waals surface area contributed by atoms with E-state index in [-0.39, 0.29) is 5.41 Å². The Bertz CT molecular complexity index is 430. The van der Waals surface area contributed by atoms with E-state index in [2.05, 4.69) is 38.2 Å². The van der Waals surface area contributed by atoms with E-state index in [0.29, 0.717) is 6.61 Å². The lowest BCUT2D eigenvalue weighted by Crippen LogP contribution is -2.43. The number of hydrogen-bond acceptors (Lipinski definition) is 2. The van der Waals surface area contributed by atoms with Gasteiger partial charge in [-0.15, -0.1) is 0 Å². The van der Waals surface area contributed by atoms with E-state index >= 15 is 0 Å². The maximum Gasteiger partial charge on any atom is 0.0499 e. The quantitative estimate of drug-likeness (QED) is 0.772. The standard InChI is InChI=1S/C17H27NO/c1-13-9-15(3)16(10-14(13)2)5-8-18-11-17(12-19)6-4-7-17/h9-10,18-19H,4-8,11-12H2,1-3H3. The van der Waals surface area contributed by atoms with Crippen LogP contribution in [0.4, 0.5) is 0 Å². The molecular formula is C17H27NO. The summed E-state index contributed by atoms with van der Waals surface area (Å²) in [7, 11) is 0. The van der Waals surface area contributed by atoms with Crippen LogP contribution in [0.25, 0.3) is 0 Å². The molecule has 0 aromatic heterocycles. The number of hydrogen-bond donors (Lipinski definition) is 2. The van der Waals surface area contributed by atoms with Crippen LogP contribution >= 0.6 is 0 Å². The molecule has 1 fully saturated rings. The van der Waals surface area contributed by atoms with Gasteiger partial charge >= 0.3 is 0 Å². The summed E-state index contributed by atoms with van der Waals surface area (Å²) in [5.74, 6) is 0. The molecule has 2 heteroatoms. The number of aliphatic hydroxyl groups excluding tert-OH is 1. The lowest BCUT2D eigenvalue weighted by molar-refractivity contribution is 0.0451. The summed E-state index contributed by atoms with van der Waals surface area (Å²) in [6, 6.07) is 4.60. The van der Waals surface area contributed by atoms with Crippen molar-refractivity contribution >= 4 is 0 Å². The topological polar surface area (TPSA) is 32.3 Å². The second-order valence-electron chi connectivity index (χ2n) is 6.30. The summed E-state index contributed by atoms with van der Waals surface area (Å²) in [6.07, 6.45) is 4.71. The molecule has 0 heterocycles. The normalized spacial score (nSPS) is 17.3. The number of aryl methyl sites for hydroxylation is 3. The van der Waals surface area contributed by atoms with Gasteiger partial charge in [0.15, 0.2) is 0 Å². The third kappa shape index (κ3) is 3.37. The maximum atomic E-state index is 9.42. The lowest BCUT2D eigenvalue weighted by Gasteiger charge is -2.40. The van der Waals surface area contributed by atoms with Gasteiger partial charge in [-0.2, -0.15) is 0 Å². The Morgan fingerprint density at radius 2 is 1.79 bits per heavy atom. The monoisotopic (exact) mass is 261 g/mol. The molecule has 0 bridgehead atoms. The van der Waals surface area contributed by atoms with Crippen LogP contribution in [-0.2, 0) is 6.42 Å². The molecular weight excluding hydrogens is 234 g/mol. The summed E-state index contributed by atoms with van der Waals surface area (Å²) in [4.78, 5) is 0. The highest BCUT2D eigenvalue weighted by Gasteiger charge is 2.35. The van der Waals surface area contributed by atoms with Crippen LogP contribution < -0.4 is 5.32 Å². The number of benzene rings is 1. The summed E-state index contributed by atoms with van der Waals surface area (Å²) in [5, 5.41) is 13.0. The molecule has 2 nitrogen and oxygen atoms in total. The smallest absolute Gasteiger partial charge is 0.0499 e. The van der Waals surface area contributed by atoms with Gasteiger partial charge in [0, 0.05) is 18.6 Å². The van der Waals surface area contributed by atoms with Gasteiger partial charge in [-0.05, 0) is 68.8 Å². The first-order chi connectivity index (χ1) is 9.06. The molecule has 2 N–H and O–H groups in total. The van der Waals surface area contributed by atoms with E-state index in [9.17, 15) is 5.11 Å². The molecule has 2 rings (SSSR count).